The van der Waals surface area contributed by atoms with Crippen molar-refractivity contribution >= 4 is 27.3 Å². The monoisotopic (exact) mass is 438 g/mol. The predicted octanol–water partition coefficient (Wildman–Crippen LogP) is 5.15. The number of amides is 1. The van der Waals surface area contributed by atoms with E-state index >= 15 is 0 Å². The van der Waals surface area contributed by atoms with Crippen LogP contribution in [-0.2, 0) is 10.0 Å². The van der Waals surface area contributed by atoms with Crippen molar-refractivity contribution in [3.8, 4) is 5.75 Å². The number of aryl methyl sites for hydroxylation is 2. The molecule has 0 heterocycles. The summed E-state index contributed by atoms with van der Waals surface area (Å²) >= 11 is 0. The molecular weight excluding hydrogens is 412 g/mol. The summed E-state index contributed by atoms with van der Waals surface area (Å²) in [6.07, 6.45) is 0.879. The number of carbonyl (C=O) groups is 1. The van der Waals surface area contributed by atoms with Gasteiger partial charge in [-0.2, -0.15) is 0 Å². The van der Waals surface area contributed by atoms with Gasteiger partial charge in [0.2, 0.25) is 0 Å². The molecule has 7 heteroatoms. The number of nitrogens with one attached hydrogen (secondary N) is 2. The Morgan fingerprint density at radius 3 is 2.23 bits per heavy atom. The maximum atomic E-state index is 12.8. The van der Waals surface area contributed by atoms with Crippen molar-refractivity contribution < 1.29 is 17.9 Å². The standard InChI is InChI=1S/C24H26N2O4S/c1-4-15-30-21-10-6-9-19(16-21)24(27)25-20-11-13-22(14-12-20)31(28,29)26-23-17(2)7-5-8-18(23)3/h5-14,16,26H,4,15H2,1-3H3,(H,25,27). The summed E-state index contributed by atoms with van der Waals surface area (Å²) in [6, 6.07) is 18.6. The van der Waals surface area contributed by atoms with Gasteiger partial charge in [-0.15, -0.1) is 0 Å². The fraction of sp³-hybridized carbons (Fsp3) is 0.208. The largest absolute Gasteiger partial charge is 0.494 e. The van der Waals surface area contributed by atoms with E-state index in [-0.39, 0.29) is 10.8 Å². The molecule has 0 spiro atoms. The second kappa shape index (κ2) is 9.66. The summed E-state index contributed by atoms with van der Waals surface area (Å²) in [5.41, 5.74) is 3.22. The van der Waals surface area contributed by atoms with E-state index in [0.29, 0.717) is 29.3 Å². The van der Waals surface area contributed by atoms with E-state index in [0.717, 1.165) is 17.5 Å². The van der Waals surface area contributed by atoms with Crippen molar-refractivity contribution in [2.24, 2.45) is 0 Å². The number of anilines is 2. The number of sulfonamides is 1. The summed E-state index contributed by atoms with van der Waals surface area (Å²) in [5.74, 6) is 0.333. The van der Waals surface area contributed by atoms with Gasteiger partial charge in [-0.05, 0) is 73.9 Å². The molecule has 162 valence electrons. The highest BCUT2D eigenvalue weighted by Crippen LogP contribution is 2.24. The summed E-state index contributed by atoms with van der Waals surface area (Å²) in [7, 11) is -3.75. The molecule has 0 radical (unpaired) electrons. The Morgan fingerprint density at radius 1 is 0.935 bits per heavy atom. The predicted molar refractivity (Wildman–Crippen MR) is 123 cm³/mol. The van der Waals surface area contributed by atoms with Crippen LogP contribution in [0, 0.1) is 13.8 Å². The van der Waals surface area contributed by atoms with Crippen molar-refractivity contribution in [1.29, 1.82) is 0 Å². The first-order chi connectivity index (χ1) is 14.8. The fourth-order valence-electron chi connectivity index (χ4n) is 3.04. The van der Waals surface area contributed by atoms with Crippen LogP contribution in [0.1, 0.15) is 34.8 Å². The van der Waals surface area contributed by atoms with Gasteiger partial charge in [0, 0.05) is 11.3 Å². The zero-order chi connectivity index (χ0) is 22.4. The van der Waals surface area contributed by atoms with Crippen LogP contribution >= 0.6 is 0 Å². The average molecular weight is 439 g/mol. The molecular formula is C24H26N2O4S. The van der Waals surface area contributed by atoms with Crippen LogP contribution in [0.2, 0.25) is 0 Å². The molecule has 3 rings (SSSR count). The number of hydrogen-bond acceptors (Lipinski definition) is 4. The van der Waals surface area contributed by atoms with Gasteiger partial charge in [0.25, 0.3) is 15.9 Å². The minimum Gasteiger partial charge on any atom is -0.494 e. The van der Waals surface area contributed by atoms with E-state index in [2.05, 4.69) is 10.0 Å². The van der Waals surface area contributed by atoms with Crippen LogP contribution in [-0.4, -0.2) is 20.9 Å². The van der Waals surface area contributed by atoms with Gasteiger partial charge in [-0.25, -0.2) is 8.42 Å². The van der Waals surface area contributed by atoms with Gasteiger partial charge in [-0.1, -0.05) is 31.2 Å². The van der Waals surface area contributed by atoms with Crippen molar-refractivity contribution in [3.63, 3.8) is 0 Å². The number of ether oxygens (including phenoxy) is 1. The molecule has 2 N–H and O–H groups in total. The van der Waals surface area contributed by atoms with Crippen LogP contribution in [0.3, 0.4) is 0 Å². The Morgan fingerprint density at radius 2 is 1.58 bits per heavy atom. The Labute approximate surface area is 183 Å². The lowest BCUT2D eigenvalue weighted by Gasteiger charge is -2.13. The zero-order valence-electron chi connectivity index (χ0n) is 17.8. The molecule has 0 bridgehead atoms. The molecule has 1 amide bonds. The van der Waals surface area contributed by atoms with Gasteiger partial charge in [0.05, 0.1) is 17.2 Å². The molecule has 0 atom stereocenters. The minimum absolute atomic E-state index is 0.114. The highest BCUT2D eigenvalue weighted by atomic mass is 32.2. The normalized spacial score (nSPS) is 11.1. The van der Waals surface area contributed by atoms with Crippen LogP contribution in [0.5, 0.6) is 5.75 Å². The van der Waals surface area contributed by atoms with Crippen LogP contribution in [0.25, 0.3) is 0 Å². The Balaban J connectivity index is 1.72. The number of rotatable bonds is 8. The van der Waals surface area contributed by atoms with Gasteiger partial charge in [-0.3, -0.25) is 9.52 Å². The average Bonchev–Trinajstić information content (AvgIpc) is 2.75. The number of para-hydroxylation sites is 1. The lowest BCUT2D eigenvalue weighted by molar-refractivity contribution is 0.102. The second-order valence-electron chi connectivity index (χ2n) is 7.23. The van der Waals surface area contributed by atoms with Crippen molar-refractivity contribution in [3.05, 3.63) is 83.4 Å². The first-order valence-corrected chi connectivity index (χ1v) is 11.5. The van der Waals surface area contributed by atoms with Crippen molar-refractivity contribution in [2.45, 2.75) is 32.1 Å². The fourth-order valence-corrected chi connectivity index (χ4v) is 4.24. The molecule has 3 aromatic rings. The summed E-state index contributed by atoms with van der Waals surface area (Å²) < 4.78 is 33.8. The Hall–Kier alpha value is -3.32. The summed E-state index contributed by atoms with van der Waals surface area (Å²) in [6.45, 7) is 6.30. The molecule has 0 saturated heterocycles. The lowest BCUT2D eigenvalue weighted by Crippen LogP contribution is -2.15. The first-order valence-electron chi connectivity index (χ1n) is 10.0. The third kappa shape index (κ3) is 5.64. The van der Waals surface area contributed by atoms with Gasteiger partial charge < -0.3 is 10.1 Å². The molecule has 0 fully saturated rings. The van der Waals surface area contributed by atoms with E-state index in [1.54, 1.807) is 36.4 Å². The van der Waals surface area contributed by atoms with Gasteiger partial charge in [0.15, 0.2) is 0 Å². The zero-order valence-corrected chi connectivity index (χ0v) is 18.6. The highest BCUT2D eigenvalue weighted by molar-refractivity contribution is 7.92. The van der Waals surface area contributed by atoms with Gasteiger partial charge >= 0.3 is 0 Å². The molecule has 0 unspecified atom stereocenters. The topological polar surface area (TPSA) is 84.5 Å². The first kappa shape index (κ1) is 22.4. The quantitative estimate of drug-likeness (QED) is 0.510. The van der Waals surface area contributed by atoms with Gasteiger partial charge in [0.1, 0.15) is 5.75 Å². The van der Waals surface area contributed by atoms with Crippen LogP contribution in [0.4, 0.5) is 11.4 Å². The van der Waals surface area contributed by atoms with E-state index in [1.165, 1.54) is 12.1 Å². The third-order valence-electron chi connectivity index (χ3n) is 4.71. The lowest BCUT2D eigenvalue weighted by atomic mass is 10.1. The van der Waals surface area contributed by atoms with E-state index in [9.17, 15) is 13.2 Å². The third-order valence-corrected chi connectivity index (χ3v) is 6.07. The van der Waals surface area contributed by atoms with Crippen molar-refractivity contribution in [2.75, 3.05) is 16.6 Å². The molecule has 3 aromatic carbocycles. The molecule has 0 aromatic heterocycles. The summed E-state index contributed by atoms with van der Waals surface area (Å²) in [5, 5.41) is 2.78. The van der Waals surface area contributed by atoms with E-state index in [4.69, 9.17) is 4.74 Å². The van der Waals surface area contributed by atoms with Crippen LogP contribution < -0.4 is 14.8 Å². The molecule has 6 nitrogen and oxygen atoms in total. The number of benzene rings is 3. The van der Waals surface area contributed by atoms with Crippen LogP contribution in [0.15, 0.2) is 71.6 Å². The van der Waals surface area contributed by atoms with Crippen molar-refractivity contribution in [1.82, 2.24) is 0 Å². The molecule has 0 aliphatic heterocycles. The maximum Gasteiger partial charge on any atom is 0.261 e. The minimum atomic E-state index is -3.75. The smallest absolute Gasteiger partial charge is 0.261 e. The Bertz CT molecular complexity index is 1150. The molecule has 0 saturated carbocycles. The molecule has 0 aliphatic carbocycles. The number of carbonyl (C=O) groups excluding carboxylic acids is 1. The second-order valence-corrected chi connectivity index (χ2v) is 8.91. The maximum absolute atomic E-state index is 12.8. The van der Waals surface area contributed by atoms with E-state index < -0.39 is 10.0 Å². The van der Waals surface area contributed by atoms with E-state index in [1.807, 2.05) is 39.0 Å². The summed E-state index contributed by atoms with van der Waals surface area (Å²) in [4.78, 5) is 12.7. The Kier molecular flexibility index (Phi) is 6.97. The molecule has 31 heavy (non-hydrogen) atoms. The SMILES string of the molecule is CCCOc1cccc(C(=O)Nc2ccc(S(=O)(=O)Nc3c(C)cccc3C)cc2)c1. The molecule has 0 aliphatic rings. The highest BCUT2D eigenvalue weighted by Gasteiger charge is 2.17. The number of hydrogen-bond donors (Lipinski definition) is 2.